The average molecular weight is 546 g/mol. The van der Waals surface area contributed by atoms with Crippen LogP contribution < -0.4 is 9.64 Å². The summed E-state index contributed by atoms with van der Waals surface area (Å²) in [6, 6.07) is 20.9. The second-order valence-electron chi connectivity index (χ2n) is 9.62. The molecule has 1 aliphatic heterocycles. The van der Waals surface area contributed by atoms with E-state index in [4.69, 9.17) is 0 Å². The summed E-state index contributed by atoms with van der Waals surface area (Å²) in [5.74, 6) is -0.635. The van der Waals surface area contributed by atoms with E-state index in [9.17, 15) is 23.2 Å². The smallest absolute Gasteiger partial charge is 0.406 e. The summed E-state index contributed by atoms with van der Waals surface area (Å²) in [7, 11) is 1.88. The maximum absolute atomic E-state index is 13.4. The third-order valence-corrected chi connectivity index (χ3v) is 7.03. The SMILES string of the molecule is Cc1ccccc1-c1cc(C(c2cncn2C)N2CCN(c3cccc(OC(F)(F)F)c3)C(=O)C2)ccc1C#N. The van der Waals surface area contributed by atoms with Crippen molar-refractivity contribution in [2.75, 3.05) is 24.5 Å². The van der Waals surface area contributed by atoms with E-state index in [0.717, 1.165) is 27.9 Å². The Bertz CT molecular complexity index is 1590. The zero-order valence-electron chi connectivity index (χ0n) is 21.9. The second-order valence-corrected chi connectivity index (χ2v) is 9.62. The molecule has 1 amide bonds. The van der Waals surface area contributed by atoms with Crippen LogP contribution in [0.25, 0.3) is 11.1 Å². The van der Waals surface area contributed by atoms with E-state index in [1.807, 2.05) is 59.8 Å². The van der Waals surface area contributed by atoms with E-state index >= 15 is 0 Å². The van der Waals surface area contributed by atoms with E-state index in [-0.39, 0.29) is 30.8 Å². The summed E-state index contributed by atoms with van der Waals surface area (Å²) in [6.07, 6.45) is -1.38. The van der Waals surface area contributed by atoms with Crippen LogP contribution in [0.5, 0.6) is 5.75 Å². The van der Waals surface area contributed by atoms with Gasteiger partial charge in [0.05, 0.1) is 42.4 Å². The molecule has 1 unspecified atom stereocenters. The number of amides is 1. The number of aromatic nitrogens is 2. The Labute approximate surface area is 229 Å². The van der Waals surface area contributed by atoms with E-state index in [0.29, 0.717) is 17.8 Å². The molecule has 0 saturated carbocycles. The largest absolute Gasteiger partial charge is 0.573 e. The van der Waals surface area contributed by atoms with Crippen molar-refractivity contribution in [3.05, 3.63) is 102 Å². The molecule has 1 fully saturated rings. The molecule has 3 aromatic carbocycles. The molecule has 0 bridgehead atoms. The molecule has 40 heavy (non-hydrogen) atoms. The summed E-state index contributed by atoms with van der Waals surface area (Å²) < 4.78 is 44.1. The predicted octanol–water partition coefficient (Wildman–Crippen LogP) is 5.60. The number of ether oxygens (including phenoxy) is 1. The summed E-state index contributed by atoms with van der Waals surface area (Å²) in [6.45, 7) is 2.74. The van der Waals surface area contributed by atoms with Gasteiger partial charge in [-0.3, -0.25) is 9.69 Å². The molecular weight excluding hydrogens is 519 g/mol. The topological polar surface area (TPSA) is 74.4 Å². The van der Waals surface area contributed by atoms with Crippen LogP contribution in [-0.4, -0.2) is 46.4 Å². The van der Waals surface area contributed by atoms with Gasteiger partial charge in [-0.25, -0.2) is 4.98 Å². The fraction of sp³-hybridized carbons (Fsp3) is 0.233. The van der Waals surface area contributed by atoms with Gasteiger partial charge in [0.2, 0.25) is 5.91 Å². The zero-order valence-corrected chi connectivity index (χ0v) is 21.9. The number of carbonyl (C=O) groups excluding carboxylic acids is 1. The Morgan fingerprint density at radius 1 is 1.02 bits per heavy atom. The van der Waals surface area contributed by atoms with Gasteiger partial charge in [-0.2, -0.15) is 5.26 Å². The van der Waals surface area contributed by atoms with E-state index in [1.165, 1.54) is 23.1 Å². The molecule has 1 atom stereocenters. The predicted molar refractivity (Wildman–Crippen MR) is 143 cm³/mol. The molecule has 5 rings (SSSR count). The van der Waals surface area contributed by atoms with Gasteiger partial charge in [0.25, 0.3) is 0 Å². The van der Waals surface area contributed by atoms with Crippen molar-refractivity contribution >= 4 is 11.6 Å². The number of hydrogen-bond acceptors (Lipinski definition) is 5. The Balaban J connectivity index is 1.48. The van der Waals surface area contributed by atoms with Crippen molar-refractivity contribution in [1.29, 1.82) is 5.26 Å². The van der Waals surface area contributed by atoms with Gasteiger partial charge < -0.3 is 14.2 Å². The number of nitriles is 1. The summed E-state index contributed by atoms with van der Waals surface area (Å²) >= 11 is 0. The molecule has 1 aromatic heterocycles. The van der Waals surface area contributed by atoms with Crippen LogP contribution in [-0.2, 0) is 11.8 Å². The first-order valence-electron chi connectivity index (χ1n) is 12.6. The molecule has 4 aromatic rings. The van der Waals surface area contributed by atoms with Crippen molar-refractivity contribution in [3.8, 4) is 22.9 Å². The first-order valence-corrected chi connectivity index (χ1v) is 12.6. The lowest BCUT2D eigenvalue weighted by atomic mass is 9.91. The normalized spacial score (nSPS) is 15.1. The van der Waals surface area contributed by atoms with Gasteiger partial charge in [-0.15, -0.1) is 13.2 Å². The summed E-state index contributed by atoms with van der Waals surface area (Å²) in [5.41, 5.74) is 5.43. The van der Waals surface area contributed by atoms with Crippen molar-refractivity contribution < 1.29 is 22.7 Å². The number of aryl methyl sites for hydroxylation is 2. The number of anilines is 1. The number of piperazine rings is 1. The quantitative estimate of drug-likeness (QED) is 0.315. The fourth-order valence-electron chi connectivity index (χ4n) is 5.16. The molecule has 0 N–H and O–H groups in total. The monoisotopic (exact) mass is 545 g/mol. The Kier molecular flexibility index (Phi) is 7.32. The van der Waals surface area contributed by atoms with E-state index < -0.39 is 6.36 Å². The summed E-state index contributed by atoms with van der Waals surface area (Å²) in [5, 5.41) is 9.83. The highest BCUT2D eigenvalue weighted by atomic mass is 19.4. The highest BCUT2D eigenvalue weighted by Gasteiger charge is 2.34. The maximum Gasteiger partial charge on any atom is 0.573 e. The van der Waals surface area contributed by atoms with Crippen LogP contribution in [0.3, 0.4) is 0 Å². The molecule has 204 valence electrons. The second kappa shape index (κ2) is 10.9. The molecule has 0 spiro atoms. The molecule has 1 aliphatic rings. The van der Waals surface area contributed by atoms with Crippen LogP contribution in [0.2, 0.25) is 0 Å². The van der Waals surface area contributed by atoms with Gasteiger partial charge in [0.1, 0.15) is 5.75 Å². The van der Waals surface area contributed by atoms with Crippen molar-refractivity contribution in [2.45, 2.75) is 19.3 Å². The number of halogens is 3. The number of rotatable bonds is 6. The van der Waals surface area contributed by atoms with Gasteiger partial charge in [0.15, 0.2) is 0 Å². The van der Waals surface area contributed by atoms with Crippen LogP contribution in [0.15, 0.2) is 79.3 Å². The van der Waals surface area contributed by atoms with E-state index in [2.05, 4.69) is 15.8 Å². The van der Waals surface area contributed by atoms with Crippen LogP contribution in [0, 0.1) is 18.3 Å². The number of alkyl halides is 3. The lowest BCUT2D eigenvalue weighted by Crippen LogP contribution is -2.51. The summed E-state index contributed by atoms with van der Waals surface area (Å²) in [4.78, 5) is 21.2. The molecule has 1 saturated heterocycles. The molecular formula is C30H26F3N5O2. The lowest BCUT2D eigenvalue weighted by Gasteiger charge is -2.39. The zero-order chi connectivity index (χ0) is 28.4. The third kappa shape index (κ3) is 5.55. The molecule has 0 radical (unpaired) electrons. The fourth-order valence-corrected chi connectivity index (χ4v) is 5.16. The van der Waals surface area contributed by atoms with Crippen LogP contribution >= 0.6 is 0 Å². The number of nitrogens with zero attached hydrogens (tertiary/aromatic N) is 5. The third-order valence-electron chi connectivity index (χ3n) is 7.03. The highest BCUT2D eigenvalue weighted by molar-refractivity contribution is 5.95. The minimum absolute atomic E-state index is 0.0277. The Morgan fingerprint density at radius 2 is 1.82 bits per heavy atom. The Hall–Kier alpha value is -4.62. The van der Waals surface area contributed by atoms with E-state index in [1.54, 1.807) is 24.7 Å². The standard InChI is InChI=1S/C30H26F3N5O2/c1-20-6-3-4-9-25(20)26-14-21(10-11-22(26)16-34)29(27-17-35-19-36(27)2)37-12-13-38(28(39)18-37)23-7-5-8-24(15-23)40-30(31,32)33/h3-11,14-15,17,19,29H,12-13,18H2,1-2H3. The van der Waals surface area contributed by atoms with Gasteiger partial charge >= 0.3 is 6.36 Å². The lowest BCUT2D eigenvalue weighted by molar-refractivity contribution is -0.274. The number of imidazole rings is 1. The molecule has 10 heteroatoms. The first kappa shape index (κ1) is 27.0. The van der Waals surface area contributed by atoms with Crippen LogP contribution in [0.1, 0.15) is 28.4 Å². The molecule has 0 aliphatic carbocycles. The van der Waals surface area contributed by atoms with Gasteiger partial charge in [-0.05, 0) is 47.9 Å². The number of benzene rings is 3. The number of carbonyl (C=O) groups is 1. The maximum atomic E-state index is 13.4. The Morgan fingerprint density at radius 3 is 2.50 bits per heavy atom. The molecule has 7 nitrogen and oxygen atoms in total. The minimum atomic E-state index is -4.82. The highest BCUT2D eigenvalue weighted by Crippen LogP contribution is 2.36. The first-order chi connectivity index (χ1) is 19.1. The van der Waals surface area contributed by atoms with Crippen molar-refractivity contribution in [2.24, 2.45) is 7.05 Å². The van der Waals surface area contributed by atoms with Crippen molar-refractivity contribution in [3.63, 3.8) is 0 Å². The van der Waals surface area contributed by atoms with Crippen molar-refractivity contribution in [1.82, 2.24) is 14.5 Å². The van der Waals surface area contributed by atoms with Gasteiger partial charge in [-0.1, -0.05) is 36.4 Å². The number of hydrogen-bond donors (Lipinski definition) is 0. The van der Waals surface area contributed by atoms with Gasteiger partial charge in [0, 0.05) is 37.5 Å². The molecule has 2 heterocycles. The minimum Gasteiger partial charge on any atom is -0.406 e. The average Bonchev–Trinajstić information content (AvgIpc) is 3.33. The van der Waals surface area contributed by atoms with Crippen LogP contribution in [0.4, 0.5) is 18.9 Å².